The predicted octanol–water partition coefficient (Wildman–Crippen LogP) is 3.82. The number of sulfone groups is 1. The smallest absolute Gasteiger partial charge is 0.308 e. The first-order chi connectivity index (χ1) is 15.1. The molecule has 0 radical (unpaired) electrons. The van der Waals surface area contributed by atoms with Crippen molar-refractivity contribution in [3.8, 4) is 11.5 Å². The number of nitrogens with zero attached hydrogens (tertiary/aromatic N) is 1. The van der Waals surface area contributed by atoms with Crippen LogP contribution in [-0.2, 0) is 34.1 Å². The maximum Gasteiger partial charge on any atom is 0.308 e. The fourth-order valence-corrected chi connectivity index (χ4v) is 4.55. The van der Waals surface area contributed by atoms with Crippen LogP contribution < -0.4 is 15.2 Å². The molecular formula is C25H34N2O5S. The maximum atomic E-state index is 11.9. The first-order valence-corrected chi connectivity index (χ1v) is 12.9. The van der Waals surface area contributed by atoms with Gasteiger partial charge in [-0.15, -0.1) is 0 Å². The number of benzene rings is 2. The van der Waals surface area contributed by atoms with Crippen LogP contribution >= 0.6 is 0 Å². The second-order valence-electron chi connectivity index (χ2n) is 10.0. The lowest BCUT2D eigenvalue weighted by atomic mass is 10.00. The van der Waals surface area contributed by atoms with Gasteiger partial charge in [0.2, 0.25) is 0 Å². The number of carbonyl (C=O) groups is 1. The number of ether oxygens (including phenoxy) is 2. The molecule has 0 amide bonds. The summed E-state index contributed by atoms with van der Waals surface area (Å²) in [5.41, 5.74) is 8.81. The number of rotatable bonds is 7. The van der Waals surface area contributed by atoms with Gasteiger partial charge < -0.3 is 15.2 Å². The minimum atomic E-state index is -3.25. The molecule has 0 spiro atoms. The van der Waals surface area contributed by atoms with Crippen molar-refractivity contribution < 1.29 is 22.7 Å². The lowest BCUT2D eigenvalue weighted by Gasteiger charge is -2.35. The van der Waals surface area contributed by atoms with Gasteiger partial charge in [-0.05, 0) is 81.5 Å². The Balaban J connectivity index is 1.73. The Kier molecular flexibility index (Phi) is 6.94. The van der Waals surface area contributed by atoms with Crippen molar-refractivity contribution in [2.45, 2.75) is 76.7 Å². The number of nitrogens with two attached hydrogens (primary N) is 1. The van der Waals surface area contributed by atoms with E-state index in [0.717, 1.165) is 16.7 Å². The van der Waals surface area contributed by atoms with Crippen LogP contribution in [-0.4, -0.2) is 36.8 Å². The minimum Gasteiger partial charge on any atom is -0.484 e. The summed E-state index contributed by atoms with van der Waals surface area (Å²) in [6.45, 7) is 10.5. The molecule has 7 nitrogen and oxygen atoms in total. The van der Waals surface area contributed by atoms with Crippen LogP contribution in [0.4, 0.5) is 0 Å². The van der Waals surface area contributed by atoms with Gasteiger partial charge in [0.05, 0.1) is 10.6 Å². The summed E-state index contributed by atoms with van der Waals surface area (Å²) in [7, 11) is -3.25. The molecule has 33 heavy (non-hydrogen) atoms. The van der Waals surface area contributed by atoms with E-state index in [2.05, 4.69) is 4.90 Å². The zero-order valence-electron chi connectivity index (χ0n) is 20.3. The van der Waals surface area contributed by atoms with Gasteiger partial charge in [0.25, 0.3) is 0 Å². The molecule has 2 aromatic rings. The normalized spacial score (nSPS) is 16.2. The number of hydrogen-bond donors (Lipinski definition) is 1. The fourth-order valence-electron chi connectivity index (χ4n) is 3.88. The molecule has 1 aliphatic heterocycles. The van der Waals surface area contributed by atoms with Crippen LogP contribution in [0.15, 0.2) is 41.3 Å². The van der Waals surface area contributed by atoms with E-state index in [4.69, 9.17) is 15.2 Å². The highest BCUT2D eigenvalue weighted by Gasteiger charge is 2.32. The topological polar surface area (TPSA) is 98.9 Å². The molecule has 2 N–H and O–H groups in total. The Hall–Kier alpha value is -2.42. The molecule has 1 aliphatic rings. The van der Waals surface area contributed by atoms with Crippen molar-refractivity contribution >= 4 is 15.8 Å². The minimum absolute atomic E-state index is 0.334. The van der Waals surface area contributed by atoms with Gasteiger partial charge in [-0.1, -0.05) is 12.1 Å². The molecule has 1 unspecified atom stereocenters. The van der Waals surface area contributed by atoms with Gasteiger partial charge in [-0.2, -0.15) is 0 Å². The van der Waals surface area contributed by atoms with Crippen molar-refractivity contribution in [1.82, 2.24) is 4.90 Å². The second-order valence-corrected chi connectivity index (χ2v) is 12.0. The molecule has 3 rings (SSSR count). The SMILES string of the molecule is CC(=O)Oc1ccc(CCC(C)(N)N2Cc3ccc(S(C)(=O)=O)cc3C2)cc1OC(C)(C)C. The first-order valence-electron chi connectivity index (χ1n) is 11.0. The quantitative estimate of drug-likeness (QED) is 0.481. The Morgan fingerprint density at radius 3 is 2.30 bits per heavy atom. The van der Waals surface area contributed by atoms with Gasteiger partial charge in [-0.25, -0.2) is 8.42 Å². The first kappa shape index (κ1) is 25.2. The molecule has 0 fully saturated rings. The Morgan fingerprint density at radius 1 is 1.03 bits per heavy atom. The van der Waals surface area contributed by atoms with Gasteiger partial charge in [0, 0.05) is 26.3 Å². The molecule has 1 atom stereocenters. The van der Waals surface area contributed by atoms with Crippen molar-refractivity contribution in [3.05, 3.63) is 53.1 Å². The summed E-state index contributed by atoms with van der Waals surface area (Å²) in [5.74, 6) is 0.521. The molecule has 0 bridgehead atoms. The lowest BCUT2D eigenvalue weighted by molar-refractivity contribution is -0.132. The summed E-state index contributed by atoms with van der Waals surface area (Å²) in [6.07, 6.45) is 2.61. The summed E-state index contributed by atoms with van der Waals surface area (Å²) in [6, 6.07) is 10.9. The highest BCUT2D eigenvalue weighted by atomic mass is 32.2. The Labute approximate surface area is 196 Å². The molecule has 0 aliphatic carbocycles. The van der Waals surface area contributed by atoms with E-state index in [1.165, 1.54) is 13.2 Å². The zero-order valence-corrected chi connectivity index (χ0v) is 21.1. The third kappa shape index (κ3) is 6.56. The van der Waals surface area contributed by atoms with Crippen molar-refractivity contribution in [1.29, 1.82) is 0 Å². The van der Waals surface area contributed by atoms with E-state index in [1.807, 2.05) is 45.9 Å². The van der Waals surface area contributed by atoms with Crippen LogP contribution in [0.2, 0.25) is 0 Å². The molecular weight excluding hydrogens is 440 g/mol. The maximum absolute atomic E-state index is 11.9. The standard InChI is InChI=1S/C25H34N2O5S/c1-17(28)31-22-10-7-18(13-23(22)32-24(2,3)4)11-12-25(5,26)27-15-19-8-9-21(33(6,29)30)14-20(19)16-27/h7-10,13-14H,11-12,15-16,26H2,1-6H3. The Bertz CT molecular complexity index is 1150. The van der Waals surface area contributed by atoms with E-state index in [0.29, 0.717) is 42.3 Å². The largest absolute Gasteiger partial charge is 0.484 e. The van der Waals surface area contributed by atoms with E-state index in [9.17, 15) is 13.2 Å². The highest BCUT2D eigenvalue weighted by Crippen LogP contribution is 2.34. The summed E-state index contributed by atoms with van der Waals surface area (Å²) >= 11 is 0. The van der Waals surface area contributed by atoms with E-state index < -0.39 is 27.1 Å². The lowest BCUT2D eigenvalue weighted by Crippen LogP contribution is -2.51. The third-order valence-electron chi connectivity index (χ3n) is 5.65. The van der Waals surface area contributed by atoms with Gasteiger partial charge in [0.15, 0.2) is 21.3 Å². The summed E-state index contributed by atoms with van der Waals surface area (Å²) < 4.78 is 35.1. The number of aryl methyl sites for hydroxylation is 1. The predicted molar refractivity (Wildman–Crippen MR) is 128 cm³/mol. The van der Waals surface area contributed by atoms with E-state index in [1.54, 1.807) is 18.2 Å². The molecule has 180 valence electrons. The van der Waals surface area contributed by atoms with Crippen molar-refractivity contribution in [2.75, 3.05) is 6.26 Å². The van der Waals surface area contributed by atoms with Gasteiger partial charge in [0.1, 0.15) is 5.60 Å². The number of esters is 1. The second kappa shape index (κ2) is 9.08. The average molecular weight is 475 g/mol. The number of hydrogen-bond acceptors (Lipinski definition) is 7. The van der Waals surface area contributed by atoms with Crippen LogP contribution in [0, 0.1) is 0 Å². The van der Waals surface area contributed by atoms with Gasteiger partial charge in [-0.3, -0.25) is 9.69 Å². The monoisotopic (exact) mass is 474 g/mol. The van der Waals surface area contributed by atoms with Crippen LogP contribution in [0.5, 0.6) is 11.5 Å². The molecule has 1 heterocycles. The highest BCUT2D eigenvalue weighted by molar-refractivity contribution is 7.90. The molecule has 8 heteroatoms. The summed E-state index contributed by atoms with van der Waals surface area (Å²) in [4.78, 5) is 14.0. The summed E-state index contributed by atoms with van der Waals surface area (Å²) in [5, 5.41) is 0. The van der Waals surface area contributed by atoms with Gasteiger partial charge >= 0.3 is 5.97 Å². The zero-order chi connectivity index (χ0) is 24.6. The number of fused-ring (bicyclic) bond motifs is 1. The van der Waals surface area contributed by atoms with Crippen molar-refractivity contribution in [2.24, 2.45) is 5.73 Å². The van der Waals surface area contributed by atoms with Crippen molar-refractivity contribution in [3.63, 3.8) is 0 Å². The van der Waals surface area contributed by atoms with Crippen LogP contribution in [0.25, 0.3) is 0 Å². The molecule has 0 saturated carbocycles. The Morgan fingerprint density at radius 2 is 1.70 bits per heavy atom. The van der Waals surface area contributed by atoms with Crippen LogP contribution in [0.3, 0.4) is 0 Å². The molecule has 2 aromatic carbocycles. The van der Waals surface area contributed by atoms with E-state index >= 15 is 0 Å². The van der Waals surface area contributed by atoms with Crippen LogP contribution in [0.1, 0.15) is 57.7 Å². The number of carbonyl (C=O) groups excluding carboxylic acids is 1. The molecule has 0 aromatic heterocycles. The molecule has 0 saturated heterocycles. The van der Waals surface area contributed by atoms with E-state index in [-0.39, 0.29) is 0 Å². The fraction of sp³-hybridized carbons (Fsp3) is 0.480. The average Bonchev–Trinajstić information content (AvgIpc) is 3.10. The third-order valence-corrected chi connectivity index (χ3v) is 6.76.